The van der Waals surface area contributed by atoms with Gasteiger partial charge in [0.2, 0.25) is 5.95 Å². The Morgan fingerprint density at radius 3 is 2.52 bits per heavy atom. The predicted molar refractivity (Wildman–Crippen MR) is 106 cm³/mol. The van der Waals surface area contributed by atoms with Gasteiger partial charge in [-0.25, -0.2) is 15.0 Å². The summed E-state index contributed by atoms with van der Waals surface area (Å²) in [6.07, 6.45) is 4.17. The Hall–Kier alpha value is -3.02. The number of amides is 1. The summed E-state index contributed by atoms with van der Waals surface area (Å²) >= 11 is 0. The number of rotatable bonds is 5. The molecule has 0 spiro atoms. The molecule has 1 fully saturated rings. The first kappa shape index (κ1) is 21.2. The van der Waals surface area contributed by atoms with Crippen molar-refractivity contribution in [3.63, 3.8) is 0 Å². The van der Waals surface area contributed by atoms with E-state index in [-0.39, 0.29) is 23.7 Å². The fourth-order valence-corrected chi connectivity index (χ4v) is 3.71. The lowest BCUT2D eigenvalue weighted by molar-refractivity contribution is -0.188. The number of aromatic amines is 1. The van der Waals surface area contributed by atoms with Crippen molar-refractivity contribution < 1.29 is 18.0 Å². The van der Waals surface area contributed by atoms with E-state index in [4.69, 9.17) is 0 Å². The van der Waals surface area contributed by atoms with Crippen LogP contribution >= 0.6 is 0 Å². The SMILES string of the molecule is CC(C)(N[C@H]1CC[C@@H](NC(=O)c2nc(-n3ccnc3)nc3cn[nH]c23)CC1)C(F)(F)F. The van der Waals surface area contributed by atoms with E-state index in [1.807, 2.05) is 0 Å². The second-order valence-electron chi connectivity index (χ2n) is 8.26. The largest absolute Gasteiger partial charge is 0.406 e. The van der Waals surface area contributed by atoms with E-state index in [2.05, 4.69) is 35.8 Å². The highest BCUT2D eigenvalue weighted by atomic mass is 19.4. The highest BCUT2D eigenvalue weighted by Gasteiger charge is 2.48. The Bertz CT molecular complexity index is 1050. The van der Waals surface area contributed by atoms with Crippen molar-refractivity contribution in [3.8, 4) is 5.95 Å². The van der Waals surface area contributed by atoms with Crippen LogP contribution in [-0.4, -0.2) is 59.4 Å². The van der Waals surface area contributed by atoms with Gasteiger partial charge in [-0.2, -0.15) is 18.3 Å². The number of hydrogen-bond donors (Lipinski definition) is 3. The summed E-state index contributed by atoms with van der Waals surface area (Å²) in [4.78, 5) is 25.6. The Balaban J connectivity index is 1.43. The standard InChI is InChI=1S/C19H23F3N8O/c1-18(2,19(20,21)22)28-12-5-3-11(4-6-12)25-16(31)15-14-13(9-24-29-14)26-17(27-15)30-8-7-23-10-30/h7-12,28H,3-6H2,1-2H3,(H,24,29)(H,25,31)/t11-,12+. The monoisotopic (exact) mass is 436 g/mol. The lowest BCUT2D eigenvalue weighted by Gasteiger charge is -2.37. The van der Waals surface area contributed by atoms with Crippen molar-refractivity contribution >= 4 is 16.9 Å². The molecule has 31 heavy (non-hydrogen) atoms. The van der Waals surface area contributed by atoms with Crippen molar-refractivity contribution in [2.75, 3.05) is 0 Å². The minimum atomic E-state index is -4.33. The molecule has 1 aliphatic rings. The summed E-state index contributed by atoms with van der Waals surface area (Å²) < 4.78 is 40.9. The zero-order valence-electron chi connectivity index (χ0n) is 17.1. The zero-order valence-corrected chi connectivity index (χ0v) is 17.1. The molecular formula is C19H23F3N8O. The third kappa shape index (κ3) is 4.38. The van der Waals surface area contributed by atoms with E-state index in [0.717, 1.165) is 13.8 Å². The molecule has 9 nitrogen and oxygen atoms in total. The Labute approximate surface area is 175 Å². The molecule has 3 heterocycles. The van der Waals surface area contributed by atoms with Gasteiger partial charge in [-0.05, 0) is 39.5 Å². The molecule has 1 aliphatic carbocycles. The number of alkyl halides is 3. The molecule has 1 amide bonds. The number of H-pyrrole nitrogens is 1. The van der Waals surface area contributed by atoms with Crippen LogP contribution in [0.3, 0.4) is 0 Å². The van der Waals surface area contributed by atoms with Gasteiger partial charge in [0.1, 0.15) is 22.9 Å². The van der Waals surface area contributed by atoms with Gasteiger partial charge in [0.15, 0.2) is 5.69 Å². The number of nitrogens with zero attached hydrogens (tertiary/aromatic N) is 5. The van der Waals surface area contributed by atoms with E-state index in [1.54, 1.807) is 17.0 Å². The van der Waals surface area contributed by atoms with Gasteiger partial charge in [-0.3, -0.25) is 14.5 Å². The Morgan fingerprint density at radius 2 is 1.87 bits per heavy atom. The van der Waals surface area contributed by atoms with E-state index in [0.29, 0.717) is 42.7 Å². The average Bonchev–Trinajstić information content (AvgIpc) is 3.39. The van der Waals surface area contributed by atoms with Gasteiger partial charge < -0.3 is 10.6 Å². The van der Waals surface area contributed by atoms with Gasteiger partial charge in [0, 0.05) is 24.5 Å². The quantitative estimate of drug-likeness (QED) is 0.566. The number of fused-ring (bicyclic) bond motifs is 1. The average molecular weight is 436 g/mol. The first-order chi connectivity index (χ1) is 14.6. The minimum Gasteiger partial charge on any atom is -0.348 e. The highest BCUT2D eigenvalue weighted by Crippen LogP contribution is 2.32. The zero-order chi connectivity index (χ0) is 22.2. The summed E-state index contributed by atoms with van der Waals surface area (Å²) in [6, 6.07) is -0.403. The molecule has 1 saturated carbocycles. The highest BCUT2D eigenvalue weighted by molar-refractivity contribution is 6.02. The summed E-state index contributed by atoms with van der Waals surface area (Å²) in [5, 5.41) is 12.3. The van der Waals surface area contributed by atoms with Gasteiger partial charge in [-0.1, -0.05) is 0 Å². The molecule has 0 aliphatic heterocycles. The number of imidazole rings is 1. The molecule has 0 atom stereocenters. The van der Waals surface area contributed by atoms with Crippen LogP contribution in [0.15, 0.2) is 24.9 Å². The Morgan fingerprint density at radius 1 is 1.16 bits per heavy atom. The normalized spacial score (nSPS) is 20.2. The van der Waals surface area contributed by atoms with Crippen LogP contribution in [0, 0.1) is 0 Å². The van der Waals surface area contributed by atoms with Gasteiger partial charge in [-0.15, -0.1) is 0 Å². The Kier molecular flexibility index (Phi) is 5.42. The van der Waals surface area contributed by atoms with Crippen LogP contribution in [0.25, 0.3) is 17.0 Å². The molecule has 0 unspecified atom stereocenters. The first-order valence-corrected chi connectivity index (χ1v) is 9.99. The molecule has 3 aromatic heterocycles. The van der Waals surface area contributed by atoms with Crippen LogP contribution in [0.4, 0.5) is 13.2 Å². The molecular weight excluding hydrogens is 413 g/mol. The molecule has 0 bridgehead atoms. The molecule has 4 rings (SSSR count). The molecule has 0 aromatic carbocycles. The molecule has 12 heteroatoms. The maximum absolute atomic E-state index is 13.1. The lowest BCUT2D eigenvalue weighted by Crippen LogP contribution is -2.57. The van der Waals surface area contributed by atoms with Crippen LogP contribution in [0.2, 0.25) is 0 Å². The van der Waals surface area contributed by atoms with Crippen LogP contribution in [0.5, 0.6) is 0 Å². The van der Waals surface area contributed by atoms with Gasteiger partial charge in [0.05, 0.1) is 6.20 Å². The fraction of sp³-hybridized carbons (Fsp3) is 0.526. The van der Waals surface area contributed by atoms with E-state index in [9.17, 15) is 18.0 Å². The second kappa shape index (κ2) is 7.91. The maximum atomic E-state index is 13.1. The van der Waals surface area contributed by atoms with Crippen LogP contribution in [-0.2, 0) is 0 Å². The van der Waals surface area contributed by atoms with Crippen molar-refractivity contribution in [1.82, 2.24) is 40.3 Å². The summed E-state index contributed by atoms with van der Waals surface area (Å²) in [5.74, 6) is -0.0936. The van der Waals surface area contributed by atoms with Gasteiger partial charge in [0.25, 0.3) is 5.91 Å². The molecule has 3 N–H and O–H groups in total. The smallest absolute Gasteiger partial charge is 0.348 e. The third-order valence-electron chi connectivity index (χ3n) is 5.57. The number of carbonyl (C=O) groups excluding carboxylic acids is 1. The van der Waals surface area contributed by atoms with Crippen LogP contribution in [0.1, 0.15) is 50.0 Å². The second-order valence-corrected chi connectivity index (χ2v) is 8.26. The minimum absolute atomic E-state index is 0.149. The molecule has 166 valence electrons. The van der Waals surface area contributed by atoms with Crippen molar-refractivity contribution in [2.24, 2.45) is 0 Å². The van der Waals surface area contributed by atoms with E-state index >= 15 is 0 Å². The third-order valence-corrected chi connectivity index (χ3v) is 5.57. The topological polar surface area (TPSA) is 113 Å². The van der Waals surface area contributed by atoms with Gasteiger partial charge >= 0.3 is 6.18 Å². The number of aromatic nitrogens is 6. The predicted octanol–water partition coefficient (Wildman–Crippen LogP) is 2.51. The number of nitrogens with one attached hydrogen (secondary N) is 3. The van der Waals surface area contributed by atoms with Crippen molar-refractivity contribution in [3.05, 3.63) is 30.6 Å². The number of hydrogen-bond acceptors (Lipinski definition) is 6. The number of carbonyl (C=O) groups is 1. The van der Waals surface area contributed by atoms with Crippen molar-refractivity contribution in [2.45, 2.75) is 63.3 Å². The van der Waals surface area contributed by atoms with E-state index in [1.165, 1.54) is 12.5 Å². The summed E-state index contributed by atoms with van der Waals surface area (Å²) in [5.41, 5.74) is -0.885. The fourth-order valence-electron chi connectivity index (χ4n) is 3.71. The van der Waals surface area contributed by atoms with E-state index < -0.39 is 11.7 Å². The lowest BCUT2D eigenvalue weighted by atomic mass is 9.89. The van der Waals surface area contributed by atoms with Crippen LogP contribution < -0.4 is 10.6 Å². The molecule has 0 saturated heterocycles. The maximum Gasteiger partial charge on any atom is 0.406 e. The number of halogens is 3. The molecule has 0 radical (unpaired) electrons. The molecule has 3 aromatic rings. The van der Waals surface area contributed by atoms with Crippen molar-refractivity contribution in [1.29, 1.82) is 0 Å². The summed E-state index contributed by atoms with van der Waals surface area (Å²) in [6.45, 7) is 2.28. The summed E-state index contributed by atoms with van der Waals surface area (Å²) in [7, 11) is 0. The first-order valence-electron chi connectivity index (χ1n) is 9.99.